The molecule has 0 amide bonds. The van der Waals surface area contributed by atoms with Crippen molar-refractivity contribution in [3.05, 3.63) is 0 Å². The number of halogens is 2. The van der Waals surface area contributed by atoms with Crippen molar-refractivity contribution in [3.63, 3.8) is 0 Å². The van der Waals surface area contributed by atoms with E-state index in [0.29, 0.717) is 25.6 Å². The van der Waals surface area contributed by atoms with Gasteiger partial charge < -0.3 is 9.47 Å². The van der Waals surface area contributed by atoms with Crippen LogP contribution in [0.1, 0.15) is 104 Å². The number of rotatable bonds is 10. The van der Waals surface area contributed by atoms with Gasteiger partial charge in [-0.2, -0.15) is 0 Å². The Morgan fingerprint density at radius 2 is 1.35 bits per heavy atom. The molecule has 0 radical (unpaired) electrons. The molecule has 0 aliphatic heterocycles. The van der Waals surface area contributed by atoms with Crippen molar-refractivity contribution in [1.29, 1.82) is 0 Å². The van der Waals surface area contributed by atoms with Crippen LogP contribution < -0.4 is 0 Å². The van der Waals surface area contributed by atoms with Crippen LogP contribution in [0.3, 0.4) is 0 Å². The van der Waals surface area contributed by atoms with Gasteiger partial charge in [0.1, 0.15) is 0 Å². The summed E-state index contributed by atoms with van der Waals surface area (Å²) in [5.41, 5.74) is 0. The van der Waals surface area contributed by atoms with Crippen LogP contribution in [-0.4, -0.2) is 37.8 Å². The summed E-state index contributed by atoms with van der Waals surface area (Å²) in [6.07, 6.45) is 11.6. The van der Waals surface area contributed by atoms with Gasteiger partial charge in [-0.05, 0) is 81.0 Å². The molecular formula is C27H48F2O2. The Labute approximate surface area is 190 Å². The van der Waals surface area contributed by atoms with Crippen molar-refractivity contribution in [2.24, 2.45) is 29.6 Å². The van der Waals surface area contributed by atoms with Crippen LogP contribution in [0.2, 0.25) is 0 Å². The fourth-order valence-corrected chi connectivity index (χ4v) is 6.56. The first-order chi connectivity index (χ1) is 15.0. The summed E-state index contributed by atoms with van der Waals surface area (Å²) in [6.45, 7) is 7.50. The van der Waals surface area contributed by atoms with E-state index in [-0.39, 0.29) is 5.92 Å². The Hall–Kier alpha value is -0.220. The monoisotopic (exact) mass is 442 g/mol. The Bertz CT molecular complexity index is 486. The van der Waals surface area contributed by atoms with E-state index in [1.807, 2.05) is 6.92 Å². The number of unbranched alkanes of at least 4 members (excludes halogenated alkanes) is 1. The van der Waals surface area contributed by atoms with E-state index >= 15 is 0 Å². The predicted molar refractivity (Wildman–Crippen MR) is 124 cm³/mol. The molecule has 2 nitrogen and oxygen atoms in total. The highest BCUT2D eigenvalue weighted by molar-refractivity contribution is 4.94. The minimum absolute atomic E-state index is 0.00303. The fourth-order valence-electron chi connectivity index (χ4n) is 6.56. The molecule has 5 unspecified atom stereocenters. The SMILES string of the molecule is CCCCOC1CC(C)C(OCC2CCC(C3CCC(CCC)CC3)CC2)C(F)C1F. The molecule has 3 rings (SSSR count). The number of alkyl halides is 2. The minimum Gasteiger partial charge on any atom is -0.375 e. The molecule has 0 saturated heterocycles. The molecule has 0 aromatic carbocycles. The molecule has 3 fully saturated rings. The molecule has 0 aromatic rings. The third kappa shape index (κ3) is 7.13. The van der Waals surface area contributed by atoms with Gasteiger partial charge in [-0.3, -0.25) is 0 Å². The Balaban J connectivity index is 1.36. The summed E-state index contributed by atoms with van der Waals surface area (Å²) >= 11 is 0. The number of ether oxygens (including phenoxy) is 2. The van der Waals surface area contributed by atoms with Crippen LogP contribution in [0.25, 0.3) is 0 Å². The van der Waals surface area contributed by atoms with Crippen molar-refractivity contribution in [2.45, 2.75) is 129 Å². The Morgan fingerprint density at radius 1 is 0.742 bits per heavy atom. The summed E-state index contributed by atoms with van der Waals surface area (Å²) < 4.78 is 41.1. The maximum Gasteiger partial charge on any atom is 0.160 e. The highest BCUT2D eigenvalue weighted by atomic mass is 19.2. The van der Waals surface area contributed by atoms with E-state index < -0.39 is 24.6 Å². The molecule has 0 spiro atoms. The minimum atomic E-state index is -1.56. The Kier molecular flexibility index (Phi) is 10.5. The first-order valence-electron chi connectivity index (χ1n) is 13.5. The zero-order valence-electron chi connectivity index (χ0n) is 20.4. The molecule has 0 aromatic heterocycles. The van der Waals surface area contributed by atoms with Crippen molar-refractivity contribution >= 4 is 0 Å². The van der Waals surface area contributed by atoms with Crippen LogP contribution in [0.15, 0.2) is 0 Å². The van der Waals surface area contributed by atoms with Gasteiger partial charge in [-0.25, -0.2) is 8.78 Å². The third-order valence-electron chi connectivity index (χ3n) is 8.64. The number of hydrogen-bond donors (Lipinski definition) is 0. The summed E-state index contributed by atoms with van der Waals surface area (Å²) in [5.74, 6) is 3.32. The number of hydrogen-bond acceptors (Lipinski definition) is 2. The quantitative estimate of drug-likeness (QED) is 0.323. The molecule has 4 heteroatoms. The smallest absolute Gasteiger partial charge is 0.160 e. The van der Waals surface area contributed by atoms with Crippen molar-refractivity contribution < 1.29 is 18.3 Å². The lowest BCUT2D eigenvalue weighted by Crippen LogP contribution is -2.51. The second-order valence-corrected chi connectivity index (χ2v) is 11.0. The van der Waals surface area contributed by atoms with Crippen molar-refractivity contribution in [3.8, 4) is 0 Å². The van der Waals surface area contributed by atoms with E-state index in [1.165, 1.54) is 64.2 Å². The zero-order valence-corrected chi connectivity index (χ0v) is 20.4. The standard InChI is InChI=1S/C27H48F2O2/c1-4-6-16-30-24-17-19(3)27(26(29)25(24)28)31-18-21-10-14-23(15-11-21)22-12-8-20(7-5-2)9-13-22/h19-27H,4-18H2,1-3H3. The van der Waals surface area contributed by atoms with E-state index in [2.05, 4.69) is 13.8 Å². The summed E-state index contributed by atoms with van der Waals surface area (Å²) in [4.78, 5) is 0. The van der Waals surface area contributed by atoms with Crippen LogP contribution in [0.5, 0.6) is 0 Å². The third-order valence-corrected chi connectivity index (χ3v) is 8.64. The first-order valence-corrected chi connectivity index (χ1v) is 13.5. The average molecular weight is 443 g/mol. The normalized spacial score (nSPS) is 41.9. The molecule has 5 atom stereocenters. The van der Waals surface area contributed by atoms with Crippen LogP contribution in [-0.2, 0) is 9.47 Å². The molecule has 0 bridgehead atoms. The summed E-state index contributed by atoms with van der Waals surface area (Å²) in [5, 5.41) is 0. The lowest BCUT2D eigenvalue weighted by molar-refractivity contribution is -0.146. The Morgan fingerprint density at radius 3 is 1.94 bits per heavy atom. The first kappa shape index (κ1) is 25.4. The second-order valence-electron chi connectivity index (χ2n) is 11.0. The van der Waals surface area contributed by atoms with Crippen molar-refractivity contribution in [2.75, 3.05) is 13.2 Å². The summed E-state index contributed by atoms with van der Waals surface area (Å²) in [7, 11) is 0. The molecule has 182 valence electrons. The molecule has 31 heavy (non-hydrogen) atoms. The van der Waals surface area contributed by atoms with Crippen LogP contribution >= 0.6 is 0 Å². The zero-order chi connectivity index (χ0) is 22.2. The summed E-state index contributed by atoms with van der Waals surface area (Å²) in [6, 6.07) is 0. The molecule has 0 N–H and O–H groups in total. The van der Waals surface area contributed by atoms with E-state index in [0.717, 1.165) is 30.6 Å². The van der Waals surface area contributed by atoms with Gasteiger partial charge in [0.15, 0.2) is 12.3 Å². The largest absolute Gasteiger partial charge is 0.375 e. The van der Waals surface area contributed by atoms with Gasteiger partial charge in [-0.1, -0.05) is 52.9 Å². The lowest BCUT2D eigenvalue weighted by atomic mass is 9.69. The second kappa shape index (κ2) is 12.9. The maximum atomic E-state index is 14.8. The topological polar surface area (TPSA) is 18.5 Å². The maximum absolute atomic E-state index is 14.8. The molecule has 3 aliphatic rings. The van der Waals surface area contributed by atoms with Gasteiger partial charge in [0.05, 0.1) is 12.2 Å². The lowest BCUT2D eigenvalue weighted by Gasteiger charge is -2.40. The predicted octanol–water partition coefficient (Wildman–Crippen LogP) is 7.69. The molecular weight excluding hydrogens is 394 g/mol. The van der Waals surface area contributed by atoms with E-state index in [9.17, 15) is 8.78 Å². The van der Waals surface area contributed by atoms with Crippen LogP contribution in [0.4, 0.5) is 8.78 Å². The highest BCUT2D eigenvalue weighted by Gasteiger charge is 2.45. The molecule has 0 heterocycles. The highest BCUT2D eigenvalue weighted by Crippen LogP contribution is 2.42. The van der Waals surface area contributed by atoms with E-state index in [4.69, 9.17) is 9.47 Å². The van der Waals surface area contributed by atoms with E-state index in [1.54, 1.807) is 0 Å². The fraction of sp³-hybridized carbons (Fsp3) is 1.00. The van der Waals surface area contributed by atoms with Gasteiger partial charge in [0.25, 0.3) is 0 Å². The average Bonchev–Trinajstić information content (AvgIpc) is 2.78. The van der Waals surface area contributed by atoms with Gasteiger partial charge in [-0.15, -0.1) is 0 Å². The van der Waals surface area contributed by atoms with Crippen LogP contribution in [0, 0.1) is 29.6 Å². The van der Waals surface area contributed by atoms with Gasteiger partial charge in [0, 0.05) is 13.2 Å². The molecule has 3 aliphatic carbocycles. The van der Waals surface area contributed by atoms with Crippen molar-refractivity contribution in [1.82, 2.24) is 0 Å². The molecule has 3 saturated carbocycles. The van der Waals surface area contributed by atoms with Gasteiger partial charge >= 0.3 is 0 Å². The van der Waals surface area contributed by atoms with Gasteiger partial charge in [0.2, 0.25) is 0 Å².